The van der Waals surface area contributed by atoms with Crippen LogP contribution in [0.15, 0.2) is 18.2 Å². The second-order valence-electron chi connectivity index (χ2n) is 5.57. The predicted molar refractivity (Wildman–Crippen MR) is 80.3 cm³/mol. The summed E-state index contributed by atoms with van der Waals surface area (Å²) in [7, 11) is 4.00. The zero-order valence-electron chi connectivity index (χ0n) is 12.0. The molecule has 0 fully saturated rings. The van der Waals surface area contributed by atoms with Crippen LogP contribution in [0.3, 0.4) is 0 Å². The fourth-order valence-electron chi connectivity index (χ4n) is 2.79. The molecule has 0 saturated heterocycles. The van der Waals surface area contributed by atoms with Crippen molar-refractivity contribution in [3.63, 3.8) is 0 Å². The van der Waals surface area contributed by atoms with Gasteiger partial charge in [-0.05, 0) is 50.2 Å². The minimum absolute atomic E-state index is 0.0839. The van der Waals surface area contributed by atoms with Crippen LogP contribution in [0.25, 0.3) is 0 Å². The summed E-state index contributed by atoms with van der Waals surface area (Å²) in [6.45, 7) is 1.69. The van der Waals surface area contributed by atoms with E-state index in [1.807, 2.05) is 32.3 Å². The summed E-state index contributed by atoms with van der Waals surface area (Å²) in [5.74, 6) is -0.772. The molecule has 1 aliphatic carbocycles. The highest BCUT2D eigenvalue weighted by Gasteiger charge is 2.29. The minimum Gasteiger partial charge on any atom is -0.480 e. The summed E-state index contributed by atoms with van der Waals surface area (Å²) in [6, 6.07) is 6.13. The average Bonchev–Trinajstić information content (AvgIpc) is 2.76. The summed E-state index contributed by atoms with van der Waals surface area (Å²) in [5, 5.41) is 9.88. The number of aliphatic carboxylic acids is 1. The number of carboxylic acid groups (broad SMARTS) is 1. The molecule has 4 nitrogen and oxygen atoms in total. The van der Waals surface area contributed by atoms with Gasteiger partial charge in [0.15, 0.2) is 0 Å². The zero-order chi connectivity index (χ0) is 14.7. The van der Waals surface area contributed by atoms with Crippen molar-refractivity contribution in [1.82, 2.24) is 9.80 Å². The maximum absolute atomic E-state index is 11.1. The number of hydrogen-bond acceptors (Lipinski definition) is 3. The fourth-order valence-corrected chi connectivity index (χ4v) is 2.98. The van der Waals surface area contributed by atoms with Gasteiger partial charge in [-0.2, -0.15) is 0 Å². The first-order valence-electron chi connectivity index (χ1n) is 6.86. The molecule has 110 valence electrons. The molecule has 2 rings (SSSR count). The van der Waals surface area contributed by atoms with Crippen molar-refractivity contribution in [2.24, 2.45) is 0 Å². The number of aryl methyl sites for hydroxylation is 1. The van der Waals surface area contributed by atoms with E-state index in [0.29, 0.717) is 0 Å². The molecule has 1 N–H and O–H groups in total. The molecular weight excluding hydrogens is 276 g/mol. The van der Waals surface area contributed by atoms with Crippen molar-refractivity contribution < 1.29 is 9.90 Å². The van der Waals surface area contributed by atoms with Crippen molar-refractivity contribution in [2.75, 3.05) is 33.7 Å². The topological polar surface area (TPSA) is 43.8 Å². The lowest BCUT2D eigenvalue weighted by molar-refractivity contribution is -0.139. The van der Waals surface area contributed by atoms with E-state index in [1.54, 1.807) is 0 Å². The molecule has 0 heterocycles. The fraction of sp³-hybridized carbons (Fsp3) is 0.533. The molecular formula is C15H21ClN2O2. The standard InChI is InChI=1S/C15H21ClN2O2/c1-17(2)7-8-18(10-15(19)20)14-6-3-11-9-12(16)4-5-13(11)14/h4-5,9,14H,3,6-8,10H2,1-2H3,(H,19,20). The Bertz CT molecular complexity index is 491. The van der Waals surface area contributed by atoms with Crippen molar-refractivity contribution >= 4 is 17.6 Å². The summed E-state index contributed by atoms with van der Waals surface area (Å²) in [4.78, 5) is 15.2. The van der Waals surface area contributed by atoms with E-state index in [0.717, 1.165) is 31.0 Å². The maximum atomic E-state index is 11.1. The van der Waals surface area contributed by atoms with Crippen molar-refractivity contribution in [3.05, 3.63) is 34.3 Å². The van der Waals surface area contributed by atoms with E-state index < -0.39 is 5.97 Å². The lowest BCUT2D eigenvalue weighted by Crippen LogP contribution is -2.37. The normalized spacial score (nSPS) is 17.8. The van der Waals surface area contributed by atoms with E-state index in [1.165, 1.54) is 11.1 Å². The molecule has 5 heteroatoms. The minimum atomic E-state index is -0.772. The van der Waals surface area contributed by atoms with Gasteiger partial charge < -0.3 is 10.0 Å². The van der Waals surface area contributed by atoms with Gasteiger partial charge in [0.1, 0.15) is 0 Å². The molecule has 0 aliphatic heterocycles. The number of halogens is 1. The van der Waals surface area contributed by atoms with Gasteiger partial charge in [-0.25, -0.2) is 0 Å². The second kappa shape index (κ2) is 6.57. The average molecular weight is 297 g/mol. The summed E-state index contributed by atoms with van der Waals surface area (Å²) < 4.78 is 0. The van der Waals surface area contributed by atoms with Crippen LogP contribution in [0.2, 0.25) is 5.02 Å². The van der Waals surface area contributed by atoms with E-state index in [2.05, 4.69) is 9.80 Å². The highest BCUT2D eigenvalue weighted by Crippen LogP contribution is 2.36. The van der Waals surface area contributed by atoms with Crippen molar-refractivity contribution in [1.29, 1.82) is 0 Å². The van der Waals surface area contributed by atoms with Gasteiger partial charge >= 0.3 is 5.97 Å². The van der Waals surface area contributed by atoms with Gasteiger partial charge in [0, 0.05) is 24.2 Å². The Morgan fingerprint density at radius 3 is 2.80 bits per heavy atom. The Labute approximate surface area is 124 Å². The Balaban J connectivity index is 2.16. The maximum Gasteiger partial charge on any atom is 0.317 e. The molecule has 1 aromatic carbocycles. The van der Waals surface area contributed by atoms with E-state index in [9.17, 15) is 4.79 Å². The van der Waals surface area contributed by atoms with Gasteiger partial charge in [0.25, 0.3) is 0 Å². The third kappa shape index (κ3) is 3.72. The van der Waals surface area contributed by atoms with Crippen LogP contribution in [0.5, 0.6) is 0 Å². The zero-order valence-corrected chi connectivity index (χ0v) is 12.7. The third-order valence-electron chi connectivity index (χ3n) is 3.76. The number of nitrogens with zero attached hydrogens (tertiary/aromatic N) is 2. The molecule has 0 spiro atoms. The van der Waals surface area contributed by atoms with Gasteiger partial charge in [-0.15, -0.1) is 0 Å². The third-order valence-corrected chi connectivity index (χ3v) is 4.00. The van der Waals surface area contributed by atoms with E-state index >= 15 is 0 Å². The molecule has 1 aliphatic rings. The molecule has 0 bridgehead atoms. The van der Waals surface area contributed by atoms with Crippen LogP contribution in [-0.4, -0.2) is 54.6 Å². The lowest BCUT2D eigenvalue weighted by atomic mass is 10.1. The molecule has 1 unspecified atom stereocenters. The summed E-state index contributed by atoms with van der Waals surface area (Å²) >= 11 is 6.02. The largest absolute Gasteiger partial charge is 0.480 e. The summed E-state index contributed by atoms with van der Waals surface area (Å²) in [6.07, 6.45) is 1.94. The number of fused-ring (bicyclic) bond motifs is 1. The first-order chi connectivity index (χ1) is 9.47. The van der Waals surface area contributed by atoms with Gasteiger partial charge in [0.05, 0.1) is 6.54 Å². The summed E-state index contributed by atoms with van der Waals surface area (Å²) in [5.41, 5.74) is 2.48. The second-order valence-corrected chi connectivity index (χ2v) is 6.00. The predicted octanol–water partition coefficient (Wildman–Crippen LogP) is 2.28. The Morgan fingerprint density at radius 1 is 1.40 bits per heavy atom. The lowest BCUT2D eigenvalue weighted by Gasteiger charge is -2.29. The van der Waals surface area contributed by atoms with E-state index in [4.69, 9.17) is 16.7 Å². The Kier molecular flexibility index (Phi) is 5.02. The molecule has 1 aromatic rings. The van der Waals surface area contributed by atoms with Crippen LogP contribution >= 0.6 is 11.6 Å². The molecule has 0 amide bonds. The SMILES string of the molecule is CN(C)CCN(CC(=O)O)C1CCc2cc(Cl)ccc21. The Hall–Kier alpha value is -1.10. The van der Waals surface area contributed by atoms with Crippen LogP contribution in [-0.2, 0) is 11.2 Å². The smallest absolute Gasteiger partial charge is 0.317 e. The molecule has 1 atom stereocenters. The van der Waals surface area contributed by atoms with Crippen LogP contribution in [0, 0.1) is 0 Å². The van der Waals surface area contributed by atoms with Crippen molar-refractivity contribution in [2.45, 2.75) is 18.9 Å². The van der Waals surface area contributed by atoms with Crippen LogP contribution in [0.1, 0.15) is 23.6 Å². The number of benzene rings is 1. The molecule has 20 heavy (non-hydrogen) atoms. The van der Waals surface area contributed by atoms with Crippen molar-refractivity contribution in [3.8, 4) is 0 Å². The number of carboxylic acids is 1. The molecule has 0 saturated carbocycles. The quantitative estimate of drug-likeness (QED) is 0.875. The highest BCUT2D eigenvalue weighted by molar-refractivity contribution is 6.30. The van der Waals surface area contributed by atoms with Gasteiger partial charge in [0.2, 0.25) is 0 Å². The number of carbonyl (C=O) groups is 1. The molecule has 0 radical (unpaired) electrons. The first-order valence-corrected chi connectivity index (χ1v) is 7.24. The number of likely N-dealkylation sites (N-methyl/N-ethyl adjacent to an activating group) is 1. The van der Waals surface area contributed by atoms with Crippen LogP contribution < -0.4 is 0 Å². The Morgan fingerprint density at radius 2 is 2.15 bits per heavy atom. The monoisotopic (exact) mass is 296 g/mol. The number of rotatable bonds is 6. The number of hydrogen-bond donors (Lipinski definition) is 1. The van der Waals surface area contributed by atoms with Gasteiger partial charge in [-0.1, -0.05) is 17.7 Å². The highest BCUT2D eigenvalue weighted by atomic mass is 35.5. The van der Waals surface area contributed by atoms with Gasteiger partial charge in [-0.3, -0.25) is 9.69 Å². The molecule has 0 aromatic heterocycles. The first kappa shape index (κ1) is 15.3. The van der Waals surface area contributed by atoms with Crippen LogP contribution in [0.4, 0.5) is 0 Å². The van der Waals surface area contributed by atoms with E-state index in [-0.39, 0.29) is 12.6 Å².